The summed E-state index contributed by atoms with van der Waals surface area (Å²) in [6.45, 7) is 8.98. The summed E-state index contributed by atoms with van der Waals surface area (Å²) in [5.74, 6) is -0.616. The lowest BCUT2D eigenvalue weighted by molar-refractivity contribution is -0.136. The predicted molar refractivity (Wildman–Crippen MR) is 92.9 cm³/mol. The van der Waals surface area contributed by atoms with Gasteiger partial charge in [0.25, 0.3) is 0 Å². The number of hydrogen-bond acceptors (Lipinski definition) is 3. The minimum atomic E-state index is -0.326. The first-order valence-corrected chi connectivity index (χ1v) is 8.12. The zero-order valence-corrected chi connectivity index (χ0v) is 15.2. The molecule has 0 bridgehead atoms. The van der Waals surface area contributed by atoms with E-state index < -0.39 is 0 Å². The van der Waals surface area contributed by atoms with Gasteiger partial charge in [0.1, 0.15) is 5.82 Å². The van der Waals surface area contributed by atoms with Gasteiger partial charge in [0, 0.05) is 19.1 Å². The molecular weight excluding hydrogens is 309 g/mol. The summed E-state index contributed by atoms with van der Waals surface area (Å²) >= 11 is 0. The molecule has 0 aliphatic heterocycles. The van der Waals surface area contributed by atoms with Crippen LogP contribution in [0.15, 0.2) is 24.3 Å². The molecule has 134 valence electrons. The molecule has 2 amide bonds. The average molecular weight is 337 g/mol. The second-order valence-electron chi connectivity index (χ2n) is 6.98. The number of likely N-dealkylation sites (N-methyl/N-ethyl adjacent to an activating group) is 2. The van der Waals surface area contributed by atoms with Crippen LogP contribution in [0.5, 0.6) is 0 Å². The van der Waals surface area contributed by atoms with Crippen molar-refractivity contribution in [1.29, 1.82) is 0 Å². The molecule has 0 fully saturated rings. The number of halogens is 1. The monoisotopic (exact) mass is 337 g/mol. The Bertz CT molecular complexity index is 570. The second kappa shape index (κ2) is 8.78. The van der Waals surface area contributed by atoms with Crippen molar-refractivity contribution < 1.29 is 14.0 Å². The van der Waals surface area contributed by atoms with Crippen molar-refractivity contribution in [3.05, 3.63) is 35.6 Å². The first-order valence-electron chi connectivity index (χ1n) is 8.12. The normalized spacial score (nSPS) is 11.5. The van der Waals surface area contributed by atoms with Gasteiger partial charge in [-0.25, -0.2) is 4.39 Å². The Balaban J connectivity index is 2.55. The van der Waals surface area contributed by atoms with Gasteiger partial charge in [0.2, 0.25) is 11.8 Å². The molecule has 0 saturated heterocycles. The lowest BCUT2D eigenvalue weighted by atomic mass is 10.1. The van der Waals surface area contributed by atoms with E-state index in [2.05, 4.69) is 5.32 Å². The number of nitrogens with one attached hydrogen (secondary N) is 1. The van der Waals surface area contributed by atoms with E-state index in [1.165, 1.54) is 17.0 Å². The van der Waals surface area contributed by atoms with Crippen LogP contribution in [0.1, 0.15) is 33.3 Å². The molecule has 0 unspecified atom stereocenters. The summed E-state index contributed by atoms with van der Waals surface area (Å²) in [6, 6.07) is 6.35. The van der Waals surface area contributed by atoms with Gasteiger partial charge in [0.15, 0.2) is 0 Å². The van der Waals surface area contributed by atoms with Crippen LogP contribution in [0.3, 0.4) is 0 Å². The molecule has 1 N–H and O–H groups in total. The van der Waals surface area contributed by atoms with Crippen LogP contribution in [-0.2, 0) is 16.1 Å². The van der Waals surface area contributed by atoms with E-state index in [0.29, 0.717) is 13.1 Å². The maximum Gasteiger partial charge on any atom is 0.240 e. The van der Waals surface area contributed by atoms with Crippen LogP contribution in [0, 0.1) is 5.82 Å². The Morgan fingerprint density at radius 1 is 1.21 bits per heavy atom. The highest BCUT2D eigenvalue weighted by Crippen LogP contribution is 2.07. The zero-order valence-electron chi connectivity index (χ0n) is 15.2. The van der Waals surface area contributed by atoms with E-state index in [9.17, 15) is 14.0 Å². The number of carbonyl (C=O) groups excluding carboxylic acids is 2. The van der Waals surface area contributed by atoms with Crippen molar-refractivity contribution in [1.82, 2.24) is 15.1 Å². The Kier molecular flexibility index (Phi) is 7.35. The van der Waals surface area contributed by atoms with Crippen molar-refractivity contribution in [2.45, 2.75) is 39.8 Å². The van der Waals surface area contributed by atoms with Gasteiger partial charge in [-0.05, 0) is 45.0 Å². The predicted octanol–water partition coefficient (Wildman–Crippen LogP) is 2.02. The summed E-state index contributed by atoms with van der Waals surface area (Å²) in [4.78, 5) is 27.5. The fourth-order valence-corrected chi connectivity index (χ4v) is 2.25. The quantitative estimate of drug-likeness (QED) is 0.828. The van der Waals surface area contributed by atoms with Gasteiger partial charge in [-0.1, -0.05) is 19.1 Å². The molecule has 0 aliphatic rings. The smallest absolute Gasteiger partial charge is 0.240 e. The number of carbonyl (C=O) groups is 2. The summed E-state index contributed by atoms with van der Waals surface area (Å²) < 4.78 is 13.3. The molecule has 0 heterocycles. The van der Waals surface area contributed by atoms with Crippen molar-refractivity contribution in [2.75, 3.05) is 26.7 Å². The molecule has 0 atom stereocenters. The molecule has 0 spiro atoms. The minimum Gasteiger partial charge on any atom is -0.350 e. The number of benzene rings is 1. The van der Waals surface area contributed by atoms with Crippen LogP contribution in [-0.4, -0.2) is 53.8 Å². The van der Waals surface area contributed by atoms with Crippen molar-refractivity contribution in [3.8, 4) is 0 Å². The zero-order chi connectivity index (χ0) is 18.3. The number of hydrogen-bond donors (Lipinski definition) is 1. The lowest BCUT2D eigenvalue weighted by Crippen LogP contribution is -2.47. The van der Waals surface area contributed by atoms with Crippen molar-refractivity contribution in [2.24, 2.45) is 0 Å². The highest BCUT2D eigenvalue weighted by molar-refractivity contribution is 5.85. The molecule has 1 aromatic carbocycles. The summed E-state index contributed by atoms with van der Waals surface area (Å²) in [5.41, 5.74) is 0.492. The molecule has 0 aliphatic carbocycles. The first-order chi connectivity index (χ1) is 11.1. The molecule has 1 aromatic rings. The van der Waals surface area contributed by atoms with Gasteiger partial charge in [-0.3, -0.25) is 14.5 Å². The van der Waals surface area contributed by atoms with Gasteiger partial charge < -0.3 is 10.2 Å². The van der Waals surface area contributed by atoms with Gasteiger partial charge >= 0.3 is 0 Å². The molecule has 0 aromatic heterocycles. The molecule has 6 heteroatoms. The lowest BCUT2D eigenvalue weighted by Gasteiger charge is -2.26. The maximum absolute atomic E-state index is 13.3. The number of amides is 2. The van der Waals surface area contributed by atoms with Crippen LogP contribution < -0.4 is 5.32 Å². The third kappa shape index (κ3) is 7.55. The minimum absolute atomic E-state index is 0.0215. The standard InChI is InChI=1S/C18H28FN3O2/c1-6-22(11-14-8-7-9-15(19)10-14)13-17(24)21(5)12-16(23)20-18(2,3)4/h7-10H,6,11-13H2,1-5H3,(H,20,23). The van der Waals surface area contributed by atoms with E-state index in [4.69, 9.17) is 0 Å². The SMILES string of the molecule is CCN(CC(=O)N(C)CC(=O)NC(C)(C)C)Cc1cccc(F)c1. The topological polar surface area (TPSA) is 52.7 Å². The Hall–Kier alpha value is -1.95. The maximum atomic E-state index is 13.3. The van der Waals surface area contributed by atoms with Crippen molar-refractivity contribution in [3.63, 3.8) is 0 Å². The molecule has 5 nitrogen and oxygen atoms in total. The first kappa shape index (κ1) is 20.1. The van der Waals surface area contributed by atoms with Gasteiger partial charge in [0.05, 0.1) is 13.1 Å². The summed E-state index contributed by atoms with van der Waals surface area (Å²) in [6.07, 6.45) is 0. The molecule has 0 saturated carbocycles. The summed E-state index contributed by atoms with van der Waals surface area (Å²) in [7, 11) is 1.61. The number of nitrogens with zero attached hydrogens (tertiary/aromatic N) is 2. The third-order valence-corrected chi connectivity index (χ3v) is 3.42. The van der Waals surface area contributed by atoms with Crippen LogP contribution in [0.4, 0.5) is 4.39 Å². The van der Waals surface area contributed by atoms with E-state index in [0.717, 1.165) is 5.56 Å². The fraction of sp³-hybridized carbons (Fsp3) is 0.556. The van der Waals surface area contributed by atoms with Crippen LogP contribution >= 0.6 is 0 Å². The van der Waals surface area contributed by atoms with Gasteiger partial charge in [-0.2, -0.15) is 0 Å². The van der Waals surface area contributed by atoms with Crippen molar-refractivity contribution >= 4 is 11.8 Å². The van der Waals surface area contributed by atoms with E-state index >= 15 is 0 Å². The van der Waals surface area contributed by atoms with Gasteiger partial charge in [-0.15, -0.1) is 0 Å². The molecular formula is C18H28FN3O2. The highest BCUT2D eigenvalue weighted by atomic mass is 19.1. The number of rotatable bonds is 7. The Morgan fingerprint density at radius 2 is 1.88 bits per heavy atom. The highest BCUT2D eigenvalue weighted by Gasteiger charge is 2.19. The molecule has 0 radical (unpaired) electrons. The van der Waals surface area contributed by atoms with Crippen LogP contribution in [0.2, 0.25) is 0 Å². The van der Waals surface area contributed by atoms with E-state index in [1.807, 2.05) is 38.7 Å². The molecule has 1 rings (SSSR count). The Morgan fingerprint density at radius 3 is 2.42 bits per heavy atom. The fourth-order valence-electron chi connectivity index (χ4n) is 2.25. The van der Waals surface area contributed by atoms with Crippen LogP contribution in [0.25, 0.3) is 0 Å². The Labute approximate surface area is 143 Å². The molecule has 24 heavy (non-hydrogen) atoms. The second-order valence-corrected chi connectivity index (χ2v) is 6.98. The summed E-state index contributed by atoms with van der Waals surface area (Å²) in [5, 5.41) is 2.83. The van der Waals surface area contributed by atoms with E-state index in [-0.39, 0.29) is 36.3 Å². The third-order valence-electron chi connectivity index (χ3n) is 3.42. The van der Waals surface area contributed by atoms with E-state index in [1.54, 1.807) is 13.1 Å². The largest absolute Gasteiger partial charge is 0.350 e. The average Bonchev–Trinajstić information content (AvgIpc) is 2.44.